The van der Waals surface area contributed by atoms with E-state index in [1.54, 1.807) is 0 Å². The largest absolute Gasteiger partial charge is 0.481 e. The van der Waals surface area contributed by atoms with Crippen LogP contribution in [0.4, 0.5) is 0 Å². The summed E-state index contributed by atoms with van der Waals surface area (Å²) in [5.41, 5.74) is -0.0939. The molecule has 0 rings (SSSR count). The van der Waals surface area contributed by atoms with Crippen molar-refractivity contribution in [1.29, 1.82) is 0 Å². The summed E-state index contributed by atoms with van der Waals surface area (Å²) in [5, 5.41) is 17.4. The van der Waals surface area contributed by atoms with Gasteiger partial charge in [0.05, 0.1) is 0 Å². The lowest BCUT2D eigenvalue weighted by molar-refractivity contribution is 0.182. The third kappa shape index (κ3) is 6.28. The second-order valence-electron chi connectivity index (χ2n) is 5.23. The van der Waals surface area contributed by atoms with Gasteiger partial charge in [-0.2, -0.15) is 0 Å². The minimum Gasteiger partial charge on any atom is -0.481 e. The summed E-state index contributed by atoms with van der Waals surface area (Å²) in [5.74, 6) is -0.557. The van der Waals surface area contributed by atoms with Crippen molar-refractivity contribution in [2.75, 3.05) is 0 Å². The molecule has 0 aromatic heterocycles. The molecule has 0 spiro atoms. The summed E-state index contributed by atoms with van der Waals surface area (Å²) < 4.78 is 0. The number of aliphatic hydroxyl groups excluding tert-OH is 1. The van der Waals surface area contributed by atoms with Crippen LogP contribution in [0.1, 0.15) is 13.8 Å². The van der Waals surface area contributed by atoms with Crippen molar-refractivity contribution in [3.63, 3.8) is 0 Å². The quantitative estimate of drug-likeness (QED) is 0.527. The van der Waals surface area contributed by atoms with Crippen LogP contribution in [-0.2, 0) is 0 Å². The molecule has 0 fully saturated rings. The maximum atomic E-state index is 8.72. The standard InChI is InChI=1S/C9H20O2Si/c1-9(2,6-8(10)11)7-12(3,4)5/h6,10-11H,7H2,1-5H3. The summed E-state index contributed by atoms with van der Waals surface area (Å²) >= 11 is 0. The second kappa shape index (κ2) is 3.52. The first-order valence-corrected chi connectivity index (χ1v) is 7.94. The monoisotopic (exact) mass is 188 g/mol. The third-order valence-electron chi connectivity index (χ3n) is 1.51. The van der Waals surface area contributed by atoms with Crippen molar-refractivity contribution in [3.8, 4) is 0 Å². The topological polar surface area (TPSA) is 40.5 Å². The van der Waals surface area contributed by atoms with Crippen LogP contribution >= 0.6 is 0 Å². The van der Waals surface area contributed by atoms with Gasteiger partial charge < -0.3 is 10.2 Å². The molecule has 0 bridgehead atoms. The average Bonchev–Trinajstić information content (AvgIpc) is 1.48. The summed E-state index contributed by atoms with van der Waals surface area (Å²) in [4.78, 5) is 0. The van der Waals surface area contributed by atoms with Crippen molar-refractivity contribution < 1.29 is 10.2 Å². The van der Waals surface area contributed by atoms with Gasteiger partial charge in [-0.1, -0.05) is 33.5 Å². The maximum absolute atomic E-state index is 8.72. The Labute approximate surface area is 75.9 Å². The van der Waals surface area contributed by atoms with Crippen molar-refractivity contribution >= 4 is 8.07 Å². The molecule has 0 atom stereocenters. The molecular formula is C9H20O2Si. The number of allylic oxidation sites excluding steroid dienone is 1. The highest BCUT2D eigenvalue weighted by Gasteiger charge is 2.25. The normalized spacial score (nSPS) is 12.8. The van der Waals surface area contributed by atoms with Gasteiger partial charge in [-0.25, -0.2) is 0 Å². The zero-order valence-corrected chi connectivity index (χ0v) is 9.68. The lowest BCUT2D eigenvalue weighted by Gasteiger charge is -2.27. The van der Waals surface area contributed by atoms with Crippen LogP contribution in [0.5, 0.6) is 0 Å². The van der Waals surface area contributed by atoms with E-state index in [1.165, 1.54) is 6.08 Å². The first kappa shape index (κ1) is 11.6. The van der Waals surface area contributed by atoms with E-state index in [9.17, 15) is 0 Å². The highest BCUT2D eigenvalue weighted by Crippen LogP contribution is 2.30. The average molecular weight is 188 g/mol. The lowest BCUT2D eigenvalue weighted by Crippen LogP contribution is -2.27. The van der Waals surface area contributed by atoms with Crippen LogP contribution in [0.3, 0.4) is 0 Å². The van der Waals surface area contributed by atoms with E-state index >= 15 is 0 Å². The molecule has 0 aromatic carbocycles. The predicted molar refractivity (Wildman–Crippen MR) is 55.3 cm³/mol. The van der Waals surface area contributed by atoms with Gasteiger partial charge in [0, 0.05) is 14.1 Å². The van der Waals surface area contributed by atoms with Gasteiger partial charge in [-0.3, -0.25) is 0 Å². The van der Waals surface area contributed by atoms with E-state index in [0.717, 1.165) is 6.04 Å². The Balaban J connectivity index is 4.34. The molecule has 72 valence electrons. The van der Waals surface area contributed by atoms with Crippen molar-refractivity contribution in [1.82, 2.24) is 0 Å². The van der Waals surface area contributed by atoms with Crippen LogP contribution in [0.15, 0.2) is 12.0 Å². The van der Waals surface area contributed by atoms with Gasteiger partial charge in [0.1, 0.15) is 0 Å². The highest BCUT2D eigenvalue weighted by molar-refractivity contribution is 6.76. The van der Waals surface area contributed by atoms with E-state index in [0.29, 0.717) is 0 Å². The Morgan fingerprint density at radius 2 is 1.67 bits per heavy atom. The molecule has 0 radical (unpaired) electrons. The molecular weight excluding hydrogens is 168 g/mol. The Bertz CT molecular complexity index is 173. The van der Waals surface area contributed by atoms with Crippen molar-refractivity contribution in [2.45, 2.75) is 39.5 Å². The van der Waals surface area contributed by atoms with E-state index < -0.39 is 14.0 Å². The molecule has 0 saturated carbocycles. The van der Waals surface area contributed by atoms with Gasteiger partial charge in [-0.05, 0) is 11.5 Å². The fraction of sp³-hybridized carbons (Fsp3) is 0.778. The van der Waals surface area contributed by atoms with Crippen LogP contribution in [-0.4, -0.2) is 18.3 Å². The van der Waals surface area contributed by atoms with E-state index in [4.69, 9.17) is 10.2 Å². The van der Waals surface area contributed by atoms with Gasteiger partial charge in [0.25, 0.3) is 5.95 Å². The first-order chi connectivity index (χ1) is 5.12. The highest BCUT2D eigenvalue weighted by atomic mass is 28.3. The number of rotatable bonds is 3. The lowest BCUT2D eigenvalue weighted by atomic mass is 9.96. The Hall–Kier alpha value is -0.443. The molecule has 0 heterocycles. The van der Waals surface area contributed by atoms with Gasteiger partial charge >= 0.3 is 0 Å². The predicted octanol–water partition coefficient (Wildman–Crippen LogP) is 3.31. The number of aliphatic hydroxyl groups is 2. The summed E-state index contributed by atoms with van der Waals surface area (Å²) in [6, 6.07) is 1.06. The van der Waals surface area contributed by atoms with Crippen LogP contribution in [0.25, 0.3) is 0 Å². The molecule has 0 aliphatic rings. The molecule has 2 nitrogen and oxygen atoms in total. The molecule has 0 aromatic rings. The fourth-order valence-electron chi connectivity index (χ4n) is 1.77. The van der Waals surface area contributed by atoms with Gasteiger partial charge in [-0.15, -0.1) is 0 Å². The first-order valence-electron chi connectivity index (χ1n) is 4.23. The minimum atomic E-state index is -1.13. The zero-order chi connectivity index (χ0) is 9.99. The van der Waals surface area contributed by atoms with E-state index in [-0.39, 0.29) is 5.41 Å². The Morgan fingerprint density at radius 1 is 1.25 bits per heavy atom. The molecule has 12 heavy (non-hydrogen) atoms. The second-order valence-corrected chi connectivity index (χ2v) is 10.7. The fourth-order valence-corrected chi connectivity index (χ4v) is 4.60. The SMILES string of the molecule is CC(C)(C=C(O)O)C[Si](C)(C)C. The number of hydrogen-bond acceptors (Lipinski definition) is 2. The summed E-state index contributed by atoms with van der Waals surface area (Å²) in [6.07, 6.45) is 1.52. The Kier molecular flexibility index (Phi) is 3.39. The van der Waals surface area contributed by atoms with Crippen molar-refractivity contribution in [2.24, 2.45) is 5.41 Å². The molecule has 3 heteroatoms. The van der Waals surface area contributed by atoms with Crippen LogP contribution < -0.4 is 0 Å². The van der Waals surface area contributed by atoms with Gasteiger partial charge in [0.2, 0.25) is 0 Å². The van der Waals surface area contributed by atoms with Crippen molar-refractivity contribution in [3.05, 3.63) is 12.0 Å². The smallest absolute Gasteiger partial charge is 0.270 e. The van der Waals surface area contributed by atoms with Gasteiger partial charge in [0.15, 0.2) is 0 Å². The van der Waals surface area contributed by atoms with E-state index in [2.05, 4.69) is 19.6 Å². The minimum absolute atomic E-state index is 0.0939. The zero-order valence-electron chi connectivity index (χ0n) is 8.68. The molecule has 0 aliphatic carbocycles. The van der Waals surface area contributed by atoms with Crippen LogP contribution in [0.2, 0.25) is 25.7 Å². The molecule has 0 saturated heterocycles. The number of hydrogen-bond donors (Lipinski definition) is 2. The van der Waals surface area contributed by atoms with Crippen LogP contribution in [0, 0.1) is 5.41 Å². The molecule has 0 aliphatic heterocycles. The summed E-state index contributed by atoms with van der Waals surface area (Å²) in [7, 11) is -1.13. The molecule has 0 unspecified atom stereocenters. The summed E-state index contributed by atoms with van der Waals surface area (Å²) in [6.45, 7) is 10.9. The Morgan fingerprint density at radius 3 is 1.92 bits per heavy atom. The third-order valence-corrected chi connectivity index (χ3v) is 3.48. The molecule has 0 amide bonds. The van der Waals surface area contributed by atoms with E-state index in [1.807, 2.05) is 13.8 Å². The molecule has 2 N–H and O–H groups in total. The maximum Gasteiger partial charge on any atom is 0.270 e.